The highest BCUT2D eigenvalue weighted by Crippen LogP contribution is 2.26. The van der Waals surface area contributed by atoms with Crippen LogP contribution in [0.4, 0.5) is 25.8 Å². The van der Waals surface area contributed by atoms with E-state index in [-0.39, 0.29) is 39.8 Å². The first kappa shape index (κ1) is 19.7. The maximum atomic E-state index is 14.6. The third-order valence-corrected chi connectivity index (χ3v) is 4.12. The number of nitrogens with zero attached hydrogens (tertiary/aromatic N) is 1. The molecule has 0 aliphatic heterocycles. The number of nitrogens with one attached hydrogen (secondary N) is 4. The molecule has 29 heavy (non-hydrogen) atoms. The lowest BCUT2D eigenvalue weighted by Gasteiger charge is -2.13. The molecule has 0 bridgehead atoms. The predicted octanol–water partition coefficient (Wildman–Crippen LogP) is 3.24. The Morgan fingerprint density at radius 2 is 2.07 bits per heavy atom. The lowest BCUT2D eigenvalue weighted by molar-refractivity contribution is 0.101. The molecule has 1 heterocycles. The lowest BCUT2D eigenvalue weighted by atomic mass is 10.0. The number of carbonyl (C=O) groups excluding carboxylic acids is 1. The Hall–Kier alpha value is -4.08. The zero-order valence-corrected chi connectivity index (χ0v) is 15.1. The van der Waals surface area contributed by atoms with Crippen LogP contribution in [0.1, 0.15) is 27.4 Å². The Bertz CT molecular complexity index is 1110. The number of oxazole rings is 1. The second-order valence-electron chi connectivity index (χ2n) is 5.87. The van der Waals surface area contributed by atoms with Gasteiger partial charge in [-0.3, -0.25) is 10.2 Å². The summed E-state index contributed by atoms with van der Waals surface area (Å²) in [6, 6.07) is 5.16. The van der Waals surface area contributed by atoms with Crippen LogP contribution in [-0.2, 0) is 0 Å². The molecule has 0 atom stereocenters. The smallest absolute Gasteiger partial charge is 0.261 e. The summed E-state index contributed by atoms with van der Waals surface area (Å²) in [5.74, 6) is -3.28. The number of carbonyl (C=O) groups is 1. The highest BCUT2D eigenvalue weighted by Gasteiger charge is 2.23. The molecular formula is C19H16F2N6O2. The molecule has 0 saturated heterocycles. The first-order valence-electron chi connectivity index (χ1n) is 8.27. The van der Waals surface area contributed by atoms with Crippen molar-refractivity contribution in [1.82, 2.24) is 4.98 Å². The maximum absolute atomic E-state index is 14.6. The Labute approximate surface area is 163 Å². The van der Waals surface area contributed by atoms with Gasteiger partial charge in [-0.25, -0.2) is 13.8 Å². The van der Waals surface area contributed by atoms with Gasteiger partial charge in [-0.1, -0.05) is 0 Å². The van der Waals surface area contributed by atoms with Crippen molar-refractivity contribution in [2.75, 3.05) is 23.4 Å². The fourth-order valence-corrected chi connectivity index (χ4v) is 2.70. The molecule has 8 nitrogen and oxygen atoms in total. The van der Waals surface area contributed by atoms with E-state index in [1.807, 2.05) is 0 Å². The summed E-state index contributed by atoms with van der Waals surface area (Å²) in [6.07, 6.45) is 3.36. The van der Waals surface area contributed by atoms with Crippen LogP contribution in [0, 0.1) is 22.5 Å². The normalized spacial score (nSPS) is 10.4. The first-order valence-corrected chi connectivity index (χ1v) is 8.27. The molecule has 0 aliphatic rings. The maximum Gasteiger partial charge on any atom is 0.261 e. The van der Waals surface area contributed by atoms with Crippen LogP contribution in [0.5, 0.6) is 0 Å². The SMILES string of the molecule is CNc1cc(F)c(C(=O)Nc2ccc(N)c(C(=N)c3ncco3)c2)c(F)c1C=N. The molecule has 148 valence electrons. The molecule has 3 aromatic rings. The molecule has 0 radical (unpaired) electrons. The molecule has 0 aliphatic carbocycles. The number of benzene rings is 2. The van der Waals surface area contributed by atoms with Crippen LogP contribution in [0.3, 0.4) is 0 Å². The summed E-state index contributed by atoms with van der Waals surface area (Å²) in [5.41, 5.74) is 5.33. The molecule has 0 unspecified atom stereocenters. The van der Waals surface area contributed by atoms with E-state index in [1.165, 1.54) is 37.7 Å². The van der Waals surface area contributed by atoms with Gasteiger partial charge in [0.25, 0.3) is 5.91 Å². The van der Waals surface area contributed by atoms with Crippen LogP contribution < -0.4 is 16.4 Å². The number of amides is 1. The van der Waals surface area contributed by atoms with Crippen LogP contribution in [-0.4, -0.2) is 29.9 Å². The van der Waals surface area contributed by atoms with Crippen molar-refractivity contribution in [2.45, 2.75) is 0 Å². The molecule has 3 rings (SSSR count). The van der Waals surface area contributed by atoms with E-state index in [9.17, 15) is 13.6 Å². The van der Waals surface area contributed by atoms with Crippen molar-refractivity contribution in [2.24, 2.45) is 0 Å². The number of hydrogen-bond acceptors (Lipinski definition) is 7. The molecule has 0 fully saturated rings. The Morgan fingerprint density at radius 3 is 2.69 bits per heavy atom. The number of aromatic nitrogens is 1. The summed E-state index contributed by atoms with van der Waals surface area (Å²) >= 11 is 0. The molecular weight excluding hydrogens is 382 g/mol. The quantitative estimate of drug-likeness (QED) is 0.320. The highest BCUT2D eigenvalue weighted by molar-refractivity contribution is 6.12. The van der Waals surface area contributed by atoms with Gasteiger partial charge in [-0.15, -0.1) is 0 Å². The zero-order valence-electron chi connectivity index (χ0n) is 15.1. The third-order valence-electron chi connectivity index (χ3n) is 4.12. The minimum atomic E-state index is -1.16. The standard InChI is InChI=1S/C19H16F2N6O2/c1-25-14-7-12(20)15(16(21)11(14)8-22)18(28)27-9-2-3-13(23)10(6-9)17(24)19-26-4-5-29-19/h2-8,22,24-25H,23H2,1H3,(H,27,28). The highest BCUT2D eigenvalue weighted by atomic mass is 19.1. The lowest BCUT2D eigenvalue weighted by Crippen LogP contribution is -2.18. The number of halogens is 2. The van der Waals surface area contributed by atoms with Gasteiger partial charge in [0.05, 0.1) is 11.8 Å². The van der Waals surface area contributed by atoms with Gasteiger partial charge >= 0.3 is 0 Å². The van der Waals surface area contributed by atoms with Gasteiger partial charge in [-0.2, -0.15) is 0 Å². The summed E-state index contributed by atoms with van der Waals surface area (Å²) in [7, 11) is 1.44. The first-order chi connectivity index (χ1) is 13.9. The second-order valence-corrected chi connectivity index (χ2v) is 5.87. The Morgan fingerprint density at radius 1 is 1.31 bits per heavy atom. The average Bonchev–Trinajstić information content (AvgIpc) is 3.23. The number of hydrogen-bond donors (Lipinski definition) is 5. The molecule has 1 aromatic heterocycles. The summed E-state index contributed by atoms with van der Waals surface area (Å²) < 4.78 is 34.0. The molecule has 6 N–H and O–H groups in total. The van der Waals surface area contributed by atoms with Gasteiger partial charge in [0.1, 0.15) is 29.2 Å². The van der Waals surface area contributed by atoms with E-state index in [4.69, 9.17) is 21.0 Å². The van der Waals surface area contributed by atoms with Crippen molar-refractivity contribution in [3.05, 3.63) is 70.9 Å². The zero-order chi connectivity index (χ0) is 21.1. The van der Waals surface area contributed by atoms with Crippen molar-refractivity contribution >= 4 is 34.9 Å². The van der Waals surface area contributed by atoms with Gasteiger partial charge in [0.15, 0.2) is 0 Å². The Balaban J connectivity index is 1.95. The van der Waals surface area contributed by atoms with E-state index >= 15 is 0 Å². The van der Waals surface area contributed by atoms with Gasteiger partial charge < -0.3 is 26.2 Å². The van der Waals surface area contributed by atoms with E-state index in [0.29, 0.717) is 6.21 Å². The molecule has 1 amide bonds. The van der Waals surface area contributed by atoms with Crippen LogP contribution in [0.25, 0.3) is 0 Å². The second kappa shape index (κ2) is 7.89. The topological polar surface area (TPSA) is 141 Å². The number of nitrogens with two attached hydrogens (primary N) is 1. The third kappa shape index (κ3) is 3.68. The number of nitrogen functional groups attached to an aromatic ring is 1. The average molecular weight is 398 g/mol. The van der Waals surface area contributed by atoms with Crippen LogP contribution in [0.15, 0.2) is 41.1 Å². The molecule has 0 saturated carbocycles. The van der Waals surface area contributed by atoms with Gasteiger partial charge in [-0.05, 0) is 24.3 Å². The van der Waals surface area contributed by atoms with Crippen molar-refractivity contribution in [3.8, 4) is 0 Å². The largest absolute Gasteiger partial charge is 0.443 e. The van der Waals surface area contributed by atoms with E-state index in [1.54, 1.807) is 0 Å². The summed E-state index contributed by atoms with van der Waals surface area (Å²) in [5, 5.41) is 20.4. The number of anilines is 3. The van der Waals surface area contributed by atoms with Crippen molar-refractivity contribution < 1.29 is 18.0 Å². The minimum absolute atomic E-state index is 0.0237. The molecule has 0 spiro atoms. The predicted molar refractivity (Wildman–Crippen MR) is 105 cm³/mol. The van der Waals surface area contributed by atoms with Crippen molar-refractivity contribution in [1.29, 1.82) is 10.8 Å². The van der Waals surface area contributed by atoms with Crippen molar-refractivity contribution in [3.63, 3.8) is 0 Å². The summed E-state index contributed by atoms with van der Waals surface area (Å²) in [4.78, 5) is 16.4. The minimum Gasteiger partial charge on any atom is -0.443 e. The van der Waals surface area contributed by atoms with Crippen LogP contribution >= 0.6 is 0 Å². The van der Waals surface area contributed by atoms with Gasteiger partial charge in [0, 0.05) is 35.9 Å². The summed E-state index contributed by atoms with van der Waals surface area (Å²) in [6.45, 7) is 0. The number of rotatable bonds is 6. The van der Waals surface area contributed by atoms with E-state index < -0.39 is 23.1 Å². The Kier molecular flexibility index (Phi) is 5.35. The van der Waals surface area contributed by atoms with Crippen LogP contribution in [0.2, 0.25) is 0 Å². The fourth-order valence-electron chi connectivity index (χ4n) is 2.70. The fraction of sp³-hybridized carbons (Fsp3) is 0.0526. The molecule has 10 heteroatoms. The monoisotopic (exact) mass is 398 g/mol. The van der Waals surface area contributed by atoms with E-state index in [2.05, 4.69) is 15.6 Å². The van der Waals surface area contributed by atoms with Gasteiger partial charge in [0.2, 0.25) is 5.89 Å². The molecule has 2 aromatic carbocycles. The van der Waals surface area contributed by atoms with E-state index in [0.717, 1.165) is 6.07 Å².